The Morgan fingerprint density at radius 2 is 2.25 bits per heavy atom. The van der Waals surface area contributed by atoms with Crippen LogP contribution < -0.4 is 16.0 Å². The molecule has 0 atom stereocenters. The van der Waals surface area contributed by atoms with Crippen LogP contribution in [0.3, 0.4) is 0 Å². The molecule has 6 heteroatoms. The summed E-state index contributed by atoms with van der Waals surface area (Å²) in [6, 6.07) is 1.77. The lowest BCUT2D eigenvalue weighted by Gasteiger charge is -2.06. The molecule has 0 fully saturated rings. The number of aromatic nitrogens is 2. The Morgan fingerprint density at radius 3 is 2.94 bits per heavy atom. The number of nitrogens with one attached hydrogen (secondary N) is 3. The van der Waals surface area contributed by atoms with Gasteiger partial charge in [-0.2, -0.15) is 4.98 Å². The van der Waals surface area contributed by atoms with Gasteiger partial charge in [-0.05, 0) is 13.0 Å². The van der Waals surface area contributed by atoms with Gasteiger partial charge in [0.05, 0.1) is 0 Å². The van der Waals surface area contributed by atoms with Gasteiger partial charge in [0.25, 0.3) is 0 Å². The topological polar surface area (TPSA) is 78.9 Å². The summed E-state index contributed by atoms with van der Waals surface area (Å²) < 4.78 is 0. The van der Waals surface area contributed by atoms with Crippen LogP contribution in [-0.4, -0.2) is 36.0 Å². The molecular weight excluding hydrogens is 206 g/mol. The van der Waals surface area contributed by atoms with Crippen LogP contribution in [0.4, 0.5) is 11.8 Å². The van der Waals surface area contributed by atoms with Gasteiger partial charge in [0.1, 0.15) is 5.82 Å². The second-order valence-corrected chi connectivity index (χ2v) is 3.15. The maximum Gasteiger partial charge on any atom is 0.224 e. The number of nitrogens with zero attached hydrogens (tertiary/aromatic N) is 2. The normalized spacial score (nSPS) is 9.62. The molecule has 0 aromatic carbocycles. The molecule has 1 aromatic rings. The highest BCUT2D eigenvalue weighted by molar-refractivity contribution is 5.76. The minimum absolute atomic E-state index is 0.00784. The summed E-state index contributed by atoms with van der Waals surface area (Å²) in [7, 11) is 1.62. The van der Waals surface area contributed by atoms with E-state index in [1.807, 2.05) is 6.92 Å². The van der Waals surface area contributed by atoms with E-state index in [-0.39, 0.29) is 5.91 Å². The van der Waals surface area contributed by atoms with Gasteiger partial charge in [0.2, 0.25) is 11.9 Å². The van der Waals surface area contributed by atoms with Crippen LogP contribution in [0.2, 0.25) is 0 Å². The molecule has 0 unspecified atom stereocenters. The molecule has 0 bridgehead atoms. The molecule has 1 heterocycles. The first-order chi connectivity index (χ1) is 7.76. The van der Waals surface area contributed by atoms with Crippen LogP contribution in [0.5, 0.6) is 0 Å². The molecule has 16 heavy (non-hydrogen) atoms. The Bertz CT molecular complexity index is 342. The number of carbonyl (C=O) groups is 1. The van der Waals surface area contributed by atoms with E-state index in [4.69, 9.17) is 0 Å². The van der Waals surface area contributed by atoms with Gasteiger partial charge < -0.3 is 16.0 Å². The zero-order chi connectivity index (χ0) is 11.8. The molecule has 0 saturated heterocycles. The predicted molar refractivity (Wildman–Crippen MR) is 63.4 cm³/mol. The van der Waals surface area contributed by atoms with Crippen molar-refractivity contribution in [3.05, 3.63) is 12.3 Å². The Hall–Kier alpha value is -1.85. The summed E-state index contributed by atoms with van der Waals surface area (Å²) in [5.74, 6) is 1.32. The summed E-state index contributed by atoms with van der Waals surface area (Å²) in [6.07, 6.45) is 2.10. The van der Waals surface area contributed by atoms with E-state index in [0.717, 1.165) is 12.4 Å². The highest BCUT2D eigenvalue weighted by Gasteiger charge is 1.99. The molecule has 0 saturated carbocycles. The van der Waals surface area contributed by atoms with Gasteiger partial charge in [-0.3, -0.25) is 4.79 Å². The highest BCUT2D eigenvalue weighted by atomic mass is 16.1. The Kier molecular flexibility index (Phi) is 5.04. The minimum Gasteiger partial charge on any atom is -0.369 e. The van der Waals surface area contributed by atoms with E-state index in [9.17, 15) is 4.79 Å². The zero-order valence-corrected chi connectivity index (χ0v) is 9.58. The van der Waals surface area contributed by atoms with Gasteiger partial charge in [0.15, 0.2) is 0 Å². The molecular formula is C10H17N5O. The molecule has 0 aliphatic heterocycles. The van der Waals surface area contributed by atoms with Crippen LogP contribution >= 0.6 is 0 Å². The molecule has 3 N–H and O–H groups in total. The van der Waals surface area contributed by atoms with Crippen LogP contribution in [-0.2, 0) is 4.79 Å². The van der Waals surface area contributed by atoms with Crippen molar-refractivity contribution in [3.8, 4) is 0 Å². The van der Waals surface area contributed by atoms with E-state index >= 15 is 0 Å². The predicted octanol–water partition coefficient (Wildman–Crippen LogP) is 0.456. The quantitative estimate of drug-likeness (QED) is 0.653. The third-order valence-corrected chi connectivity index (χ3v) is 1.93. The summed E-state index contributed by atoms with van der Waals surface area (Å²) in [5, 5.41) is 8.63. The van der Waals surface area contributed by atoms with E-state index in [1.165, 1.54) is 0 Å². The maximum absolute atomic E-state index is 11.0. The number of anilines is 2. The van der Waals surface area contributed by atoms with Gasteiger partial charge in [0, 0.05) is 32.8 Å². The monoisotopic (exact) mass is 223 g/mol. The van der Waals surface area contributed by atoms with Crippen molar-refractivity contribution in [1.82, 2.24) is 15.3 Å². The molecule has 6 nitrogen and oxygen atoms in total. The largest absolute Gasteiger partial charge is 0.369 e. The van der Waals surface area contributed by atoms with Crippen LogP contribution in [0.1, 0.15) is 13.3 Å². The lowest BCUT2D eigenvalue weighted by Crippen LogP contribution is -2.21. The van der Waals surface area contributed by atoms with Crippen molar-refractivity contribution in [2.45, 2.75) is 13.3 Å². The van der Waals surface area contributed by atoms with Crippen molar-refractivity contribution >= 4 is 17.7 Å². The van der Waals surface area contributed by atoms with Gasteiger partial charge in [-0.1, -0.05) is 0 Å². The summed E-state index contributed by atoms with van der Waals surface area (Å²) in [6.45, 7) is 3.32. The number of hydrogen-bond donors (Lipinski definition) is 3. The maximum atomic E-state index is 11.0. The second kappa shape index (κ2) is 6.60. The summed E-state index contributed by atoms with van der Waals surface area (Å²) in [5.41, 5.74) is 0. The molecule has 88 valence electrons. The average molecular weight is 223 g/mol. The zero-order valence-electron chi connectivity index (χ0n) is 9.58. The first-order valence-electron chi connectivity index (χ1n) is 5.27. The van der Waals surface area contributed by atoms with Gasteiger partial charge >= 0.3 is 0 Å². The van der Waals surface area contributed by atoms with Crippen LogP contribution in [0.15, 0.2) is 12.3 Å². The summed E-state index contributed by atoms with van der Waals surface area (Å²) in [4.78, 5) is 19.2. The van der Waals surface area contributed by atoms with E-state index in [0.29, 0.717) is 18.9 Å². The highest BCUT2D eigenvalue weighted by Crippen LogP contribution is 2.04. The van der Waals surface area contributed by atoms with Crippen molar-refractivity contribution in [1.29, 1.82) is 0 Å². The fourth-order valence-corrected chi connectivity index (χ4v) is 1.13. The lowest BCUT2D eigenvalue weighted by molar-refractivity contribution is -0.120. The SMILES string of the molecule is CCNc1nccc(NCCC(=O)NC)n1. The Morgan fingerprint density at radius 1 is 1.44 bits per heavy atom. The number of rotatable bonds is 6. The molecule has 0 aliphatic carbocycles. The number of hydrogen-bond acceptors (Lipinski definition) is 5. The minimum atomic E-state index is 0.00784. The summed E-state index contributed by atoms with van der Waals surface area (Å²) >= 11 is 0. The van der Waals surface area contributed by atoms with E-state index < -0.39 is 0 Å². The average Bonchev–Trinajstić information content (AvgIpc) is 2.30. The Balaban J connectivity index is 2.41. The van der Waals surface area contributed by atoms with E-state index in [2.05, 4.69) is 25.9 Å². The fraction of sp³-hybridized carbons (Fsp3) is 0.500. The molecule has 1 amide bonds. The van der Waals surface area contributed by atoms with Crippen molar-refractivity contribution in [2.24, 2.45) is 0 Å². The first-order valence-corrected chi connectivity index (χ1v) is 5.27. The number of carbonyl (C=O) groups excluding carboxylic acids is 1. The molecule has 1 aromatic heterocycles. The first kappa shape index (κ1) is 12.2. The third-order valence-electron chi connectivity index (χ3n) is 1.93. The number of amides is 1. The van der Waals surface area contributed by atoms with Crippen molar-refractivity contribution < 1.29 is 4.79 Å². The van der Waals surface area contributed by atoms with Crippen molar-refractivity contribution in [2.75, 3.05) is 30.8 Å². The smallest absolute Gasteiger partial charge is 0.224 e. The fourth-order valence-electron chi connectivity index (χ4n) is 1.13. The molecule has 1 rings (SSSR count). The van der Waals surface area contributed by atoms with Crippen LogP contribution in [0, 0.1) is 0 Å². The Labute approximate surface area is 94.9 Å². The van der Waals surface area contributed by atoms with Crippen molar-refractivity contribution in [3.63, 3.8) is 0 Å². The standard InChI is InChI=1S/C10H17N5O/c1-3-12-10-14-6-4-8(15-10)13-7-5-9(16)11-2/h4,6H,3,5,7H2,1-2H3,(H,11,16)(H2,12,13,14,15). The molecule has 0 radical (unpaired) electrons. The molecule has 0 aliphatic rings. The van der Waals surface area contributed by atoms with Gasteiger partial charge in [-0.15, -0.1) is 0 Å². The second-order valence-electron chi connectivity index (χ2n) is 3.15. The lowest BCUT2D eigenvalue weighted by atomic mass is 10.4. The van der Waals surface area contributed by atoms with Gasteiger partial charge in [-0.25, -0.2) is 4.98 Å². The third kappa shape index (κ3) is 4.12. The van der Waals surface area contributed by atoms with E-state index in [1.54, 1.807) is 19.3 Å². The molecule has 0 spiro atoms. The van der Waals surface area contributed by atoms with Crippen LogP contribution in [0.25, 0.3) is 0 Å².